The number of ether oxygens (including phenoxy) is 1. The van der Waals surface area contributed by atoms with Crippen LogP contribution in [0.4, 0.5) is 0 Å². The minimum Gasteiger partial charge on any atom is -0.378 e. The Hall–Kier alpha value is -0.0400. The summed E-state index contributed by atoms with van der Waals surface area (Å²) in [6, 6.07) is 0. The standard InChI is InChI=1S/C7H13O/c1-3-6(2)7-4-5-8-7/h6-7H,2-5H2,1H3. The van der Waals surface area contributed by atoms with Gasteiger partial charge in [-0.05, 0) is 19.3 Å². The summed E-state index contributed by atoms with van der Waals surface area (Å²) < 4.78 is 5.22. The average Bonchev–Trinajstić information content (AvgIpc) is 1.62. The molecule has 0 aromatic carbocycles. The van der Waals surface area contributed by atoms with Crippen molar-refractivity contribution in [3.63, 3.8) is 0 Å². The first-order chi connectivity index (χ1) is 3.84. The molecule has 2 atom stereocenters. The molecule has 0 amide bonds. The van der Waals surface area contributed by atoms with Crippen LogP contribution in [0.3, 0.4) is 0 Å². The van der Waals surface area contributed by atoms with Crippen LogP contribution in [-0.4, -0.2) is 12.7 Å². The molecule has 1 fully saturated rings. The molecule has 1 aliphatic heterocycles. The summed E-state index contributed by atoms with van der Waals surface area (Å²) in [5.41, 5.74) is 0. The maximum atomic E-state index is 5.22. The molecule has 1 heterocycles. The maximum Gasteiger partial charge on any atom is 0.0625 e. The largest absolute Gasteiger partial charge is 0.378 e. The Kier molecular flexibility index (Phi) is 1.90. The molecule has 47 valence electrons. The van der Waals surface area contributed by atoms with Crippen LogP contribution in [0.2, 0.25) is 0 Å². The lowest BCUT2D eigenvalue weighted by Gasteiger charge is -2.31. The smallest absolute Gasteiger partial charge is 0.0625 e. The van der Waals surface area contributed by atoms with Gasteiger partial charge in [-0.15, -0.1) is 0 Å². The van der Waals surface area contributed by atoms with Crippen LogP contribution in [0.5, 0.6) is 0 Å². The Morgan fingerprint density at radius 3 is 2.62 bits per heavy atom. The van der Waals surface area contributed by atoms with Gasteiger partial charge in [-0.3, -0.25) is 0 Å². The molecular weight excluding hydrogens is 100 g/mol. The number of hydrogen-bond acceptors (Lipinski definition) is 1. The summed E-state index contributed by atoms with van der Waals surface area (Å²) in [6.07, 6.45) is 2.85. The van der Waals surface area contributed by atoms with Gasteiger partial charge in [0.2, 0.25) is 0 Å². The molecule has 1 radical (unpaired) electrons. The molecule has 1 heteroatoms. The van der Waals surface area contributed by atoms with Crippen LogP contribution < -0.4 is 0 Å². The number of rotatable bonds is 2. The van der Waals surface area contributed by atoms with E-state index in [1.54, 1.807) is 0 Å². The molecule has 0 N–H and O–H groups in total. The zero-order valence-electron chi connectivity index (χ0n) is 5.39. The molecule has 1 rings (SSSR count). The topological polar surface area (TPSA) is 9.23 Å². The van der Waals surface area contributed by atoms with Crippen molar-refractivity contribution in [2.45, 2.75) is 25.9 Å². The molecule has 8 heavy (non-hydrogen) atoms. The summed E-state index contributed by atoms with van der Waals surface area (Å²) in [6.45, 7) is 7.06. The van der Waals surface area contributed by atoms with Gasteiger partial charge in [-0.25, -0.2) is 0 Å². The summed E-state index contributed by atoms with van der Waals surface area (Å²) in [5.74, 6) is 0.531. The first kappa shape index (κ1) is 6.09. The van der Waals surface area contributed by atoms with Crippen molar-refractivity contribution in [1.82, 2.24) is 0 Å². The molecule has 1 aliphatic rings. The lowest BCUT2D eigenvalue weighted by Crippen LogP contribution is -2.32. The lowest BCUT2D eigenvalue weighted by molar-refractivity contribution is -0.0750. The van der Waals surface area contributed by atoms with Gasteiger partial charge in [0.15, 0.2) is 0 Å². The quantitative estimate of drug-likeness (QED) is 0.529. The Morgan fingerprint density at radius 1 is 1.88 bits per heavy atom. The molecule has 0 spiro atoms. The normalized spacial score (nSPS) is 31.5. The minimum atomic E-state index is 0.486. The third kappa shape index (κ3) is 1.03. The van der Waals surface area contributed by atoms with E-state index < -0.39 is 0 Å². The number of hydrogen-bond donors (Lipinski definition) is 0. The van der Waals surface area contributed by atoms with Crippen LogP contribution in [0, 0.1) is 12.8 Å². The summed E-state index contributed by atoms with van der Waals surface area (Å²) >= 11 is 0. The van der Waals surface area contributed by atoms with Gasteiger partial charge in [0.1, 0.15) is 0 Å². The van der Waals surface area contributed by atoms with Gasteiger partial charge in [0.25, 0.3) is 0 Å². The maximum absolute atomic E-state index is 5.22. The van der Waals surface area contributed by atoms with E-state index >= 15 is 0 Å². The van der Waals surface area contributed by atoms with Crippen LogP contribution in [0.25, 0.3) is 0 Å². The van der Waals surface area contributed by atoms with E-state index in [2.05, 4.69) is 13.8 Å². The van der Waals surface area contributed by atoms with Crippen molar-refractivity contribution in [3.05, 3.63) is 6.92 Å². The zero-order valence-corrected chi connectivity index (χ0v) is 5.39. The fourth-order valence-corrected chi connectivity index (χ4v) is 0.889. The summed E-state index contributed by atoms with van der Waals surface area (Å²) in [5, 5.41) is 0. The fourth-order valence-electron chi connectivity index (χ4n) is 0.889. The third-order valence-corrected chi connectivity index (χ3v) is 1.78. The van der Waals surface area contributed by atoms with E-state index in [0.29, 0.717) is 12.0 Å². The van der Waals surface area contributed by atoms with Gasteiger partial charge >= 0.3 is 0 Å². The fraction of sp³-hybridized carbons (Fsp3) is 0.857. The molecule has 0 saturated carbocycles. The third-order valence-electron chi connectivity index (χ3n) is 1.78. The van der Waals surface area contributed by atoms with E-state index in [1.807, 2.05) is 0 Å². The summed E-state index contributed by atoms with van der Waals surface area (Å²) in [7, 11) is 0. The van der Waals surface area contributed by atoms with Gasteiger partial charge < -0.3 is 4.74 Å². The molecule has 0 bridgehead atoms. The van der Waals surface area contributed by atoms with Crippen LogP contribution in [-0.2, 0) is 4.74 Å². The van der Waals surface area contributed by atoms with E-state index in [9.17, 15) is 0 Å². The predicted octanol–water partition coefficient (Wildman–Crippen LogP) is 1.64. The van der Waals surface area contributed by atoms with Crippen molar-refractivity contribution in [2.24, 2.45) is 5.92 Å². The first-order valence-corrected chi connectivity index (χ1v) is 3.29. The van der Waals surface area contributed by atoms with E-state index in [4.69, 9.17) is 4.74 Å². The summed E-state index contributed by atoms with van der Waals surface area (Å²) in [4.78, 5) is 0. The van der Waals surface area contributed by atoms with E-state index in [0.717, 1.165) is 13.0 Å². The van der Waals surface area contributed by atoms with Crippen molar-refractivity contribution in [1.29, 1.82) is 0 Å². The van der Waals surface area contributed by atoms with Crippen LogP contribution in [0.15, 0.2) is 0 Å². The Morgan fingerprint density at radius 2 is 2.50 bits per heavy atom. The zero-order chi connectivity index (χ0) is 5.98. The highest BCUT2D eigenvalue weighted by molar-refractivity contribution is 4.76. The highest BCUT2D eigenvalue weighted by Crippen LogP contribution is 2.21. The van der Waals surface area contributed by atoms with E-state index in [1.165, 1.54) is 6.42 Å². The second-order valence-electron chi connectivity index (χ2n) is 2.37. The lowest BCUT2D eigenvalue weighted by atomic mass is 9.96. The SMILES string of the molecule is [CH2]C(CC)C1CCO1. The van der Waals surface area contributed by atoms with Crippen molar-refractivity contribution >= 4 is 0 Å². The van der Waals surface area contributed by atoms with Gasteiger partial charge in [0, 0.05) is 6.61 Å². The Bertz CT molecular complexity index is 64.0. The first-order valence-electron chi connectivity index (χ1n) is 3.29. The average molecular weight is 113 g/mol. The van der Waals surface area contributed by atoms with Crippen molar-refractivity contribution < 1.29 is 4.74 Å². The molecule has 1 nitrogen and oxygen atoms in total. The van der Waals surface area contributed by atoms with Crippen LogP contribution in [0.1, 0.15) is 19.8 Å². The predicted molar refractivity (Wildman–Crippen MR) is 33.5 cm³/mol. The van der Waals surface area contributed by atoms with E-state index in [-0.39, 0.29) is 0 Å². The van der Waals surface area contributed by atoms with Crippen LogP contribution >= 0.6 is 0 Å². The van der Waals surface area contributed by atoms with Gasteiger partial charge in [-0.2, -0.15) is 0 Å². The van der Waals surface area contributed by atoms with Gasteiger partial charge in [0.05, 0.1) is 6.10 Å². The van der Waals surface area contributed by atoms with Crippen molar-refractivity contribution in [2.75, 3.05) is 6.61 Å². The highest BCUT2D eigenvalue weighted by Gasteiger charge is 2.22. The van der Waals surface area contributed by atoms with Gasteiger partial charge in [-0.1, -0.05) is 13.3 Å². The highest BCUT2D eigenvalue weighted by atomic mass is 16.5. The molecule has 1 saturated heterocycles. The molecular formula is C7H13O. The molecule has 0 aromatic heterocycles. The minimum absolute atomic E-state index is 0.486. The monoisotopic (exact) mass is 113 g/mol. The second kappa shape index (κ2) is 2.49. The molecule has 2 unspecified atom stereocenters. The molecule has 0 aliphatic carbocycles. The Balaban J connectivity index is 2.13. The Labute approximate surface area is 51.0 Å². The second-order valence-corrected chi connectivity index (χ2v) is 2.37. The van der Waals surface area contributed by atoms with Crippen molar-refractivity contribution in [3.8, 4) is 0 Å². The molecule has 0 aromatic rings.